The zero-order valence-corrected chi connectivity index (χ0v) is 15.9. The Morgan fingerprint density at radius 1 is 1.28 bits per heavy atom. The Balaban J connectivity index is 1.74. The molecule has 1 unspecified atom stereocenters. The predicted octanol–water partition coefficient (Wildman–Crippen LogP) is 3.08. The molecule has 2 amide bonds. The molecule has 0 saturated carbocycles. The molecule has 1 atom stereocenters. The third kappa shape index (κ3) is 6.04. The van der Waals surface area contributed by atoms with Gasteiger partial charge in [-0.25, -0.2) is 0 Å². The number of carbonyl (C=O) groups excluding carboxylic acids is 2. The normalized spacial score (nSPS) is 17.1. The van der Waals surface area contributed by atoms with E-state index in [4.69, 9.17) is 4.74 Å². The number of thioether (sulfide) groups is 1. The lowest BCUT2D eigenvalue weighted by Crippen LogP contribution is -2.33. The smallest absolute Gasteiger partial charge is 0.227 e. The van der Waals surface area contributed by atoms with E-state index in [0.717, 1.165) is 36.5 Å². The van der Waals surface area contributed by atoms with Crippen molar-refractivity contribution in [2.45, 2.75) is 37.5 Å². The van der Waals surface area contributed by atoms with Crippen LogP contribution in [0.25, 0.3) is 0 Å². The fourth-order valence-electron chi connectivity index (χ4n) is 2.77. The molecule has 2 rings (SSSR count). The van der Waals surface area contributed by atoms with E-state index in [2.05, 4.69) is 12.2 Å². The van der Waals surface area contributed by atoms with Crippen molar-refractivity contribution in [1.29, 1.82) is 0 Å². The number of benzene rings is 1. The van der Waals surface area contributed by atoms with Crippen LogP contribution in [0, 0.1) is 5.92 Å². The Kier molecular flexibility index (Phi) is 8.28. The summed E-state index contributed by atoms with van der Waals surface area (Å²) in [5.74, 6) is -0.293. The van der Waals surface area contributed by atoms with Crippen molar-refractivity contribution in [1.82, 2.24) is 5.32 Å². The summed E-state index contributed by atoms with van der Waals surface area (Å²) >= 11 is 1.67. The maximum atomic E-state index is 12.3. The van der Waals surface area contributed by atoms with Gasteiger partial charge in [-0.1, -0.05) is 13.3 Å². The maximum Gasteiger partial charge on any atom is 0.227 e. The molecule has 25 heavy (non-hydrogen) atoms. The van der Waals surface area contributed by atoms with E-state index in [1.807, 2.05) is 30.5 Å². The second kappa shape index (κ2) is 10.5. The molecule has 1 N–H and O–H groups in total. The van der Waals surface area contributed by atoms with Crippen LogP contribution in [0.3, 0.4) is 0 Å². The van der Waals surface area contributed by atoms with Gasteiger partial charge in [0.05, 0.1) is 5.92 Å². The van der Waals surface area contributed by atoms with Gasteiger partial charge in [0.2, 0.25) is 11.8 Å². The molecular formula is C19H28N2O3S. The quantitative estimate of drug-likeness (QED) is 0.512. The van der Waals surface area contributed by atoms with Crippen LogP contribution in [0.2, 0.25) is 0 Å². The van der Waals surface area contributed by atoms with E-state index >= 15 is 0 Å². The predicted molar refractivity (Wildman–Crippen MR) is 102 cm³/mol. The van der Waals surface area contributed by atoms with E-state index < -0.39 is 0 Å². The van der Waals surface area contributed by atoms with Crippen molar-refractivity contribution in [3.63, 3.8) is 0 Å². The molecule has 0 bridgehead atoms. The molecular weight excluding hydrogens is 336 g/mol. The molecule has 138 valence electrons. The summed E-state index contributed by atoms with van der Waals surface area (Å²) in [7, 11) is 0. The van der Waals surface area contributed by atoms with E-state index in [-0.39, 0.29) is 24.2 Å². The average molecular weight is 365 g/mol. The van der Waals surface area contributed by atoms with E-state index in [1.165, 1.54) is 0 Å². The van der Waals surface area contributed by atoms with Crippen LogP contribution in [-0.4, -0.2) is 44.4 Å². The Labute approximate surface area is 154 Å². The average Bonchev–Trinajstić information content (AvgIpc) is 3.02. The Morgan fingerprint density at radius 3 is 2.68 bits per heavy atom. The lowest BCUT2D eigenvalue weighted by Gasteiger charge is -2.17. The first-order chi connectivity index (χ1) is 12.2. The van der Waals surface area contributed by atoms with Crippen LogP contribution in [0.5, 0.6) is 0 Å². The van der Waals surface area contributed by atoms with Gasteiger partial charge < -0.3 is 15.0 Å². The number of anilines is 1. The second-order valence-electron chi connectivity index (χ2n) is 6.21. The molecule has 0 aliphatic carbocycles. The molecule has 1 aliphatic heterocycles. The topological polar surface area (TPSA) is 58.6 Å². The van der Waals surface area contributed by atoms with E-state index in [0.29, 0.717) is 19.7 Å². The van der Waals surface area contributed by atoms with Gasteiger partial charge in [0.15, 0.2) is 0 Å². The molecule has 1 fully saturated rings. The fourth-order valence-corrected chi connectivity index (χ4v) is 3.18. The van der Waals surface area contributed by atoms with Gasteiger partial charge in [0.25, 0.3) is 0 Å². The number of hydrogen-bond acceptors (Lipinski definition) is 4. The first-order valence-electron chi connectivity index (χ1n) is 8.95. The number of nitrogens with zero attached hydrogens (tertiary/aromatic N) is 1. The third-order valence-corrected chi connectivity index (χ3v) is 5.03. The SMILES string of the molecule is CCCCOCCCNC(=O)C1CC(=O)N(c2ccc(SC)cc2)C1. The zero-order valence-electron chi connectivity index (χ0n) is 15.1. The number of ether oxygens (including phenoxy) is 1. The largest absolute Gasteiger partial charge is 0.381 e. The highest BCUT2D eigenvalue weighted by atomic mass is 32.2. The van der Waals surface area contributed by atoms with Crippen molar-refractivity contribution >= 4 is 29.3 Å². The summed E-state index contributed by atoms with van der Waals surface area (Å²) in [5, 5.41) is 2.93. The maximum absolute atomic E-state index is 12.3. The number of hydrogen-bond donors (Lipinski definition) is 1. The van der Waals surface area contributed by atoms with Gasteiger partial charge in [0.1, 0.15) is 0 Å². The number of amides is 2. The second-order valence-corrected chi connectivity index (χ2v) is 7.09. The minimum Gasteiger partial charge on any atom is -0.381 e. The molecule has 1 aliphatic rings. The molecule has 1 aromatic carbocycles. The van der Waals surface area contributed by atoms with Gasteiger partial charge in [0, 0.05) is 43.3 Å². The molecule has 1 aromatic rings. The molecule has 5 nitrogen and oxygen atoms in total. The molecule has 1 saturated heterocycles. The van der Waals surface area contributed by atoms with Gasteiger partial charge in [-0.05, 0) is 43.4 Å². The summed E-state index contributed by atoms with van der Waals surface area (Å²) in [6.45, 7) is 4.63. The van der Waals surface area contributed by atoms with E-state index in [1.54, 1.807) is 16.7 Å². The van der Waals surface area contributed by atoms with Crippen LogP contribution >= 0.6 is 11.8 Å². The summed E-state index contributed by atoms with van der Waals surface area (Å²) in [6, 6.07) is 7.88. The number of nitrogens with one attached hydrogen (secondary N) is 1. The van der Waals surface area contributed by atoms with Crippen molar-refractivity contribution in [3.8, 4) is 0 Å². The summed E-state index contributed by atoms with van der Waals surface area (Å²) < 4.78 is 5.48. The summed E-state index contributed by atoms with van der Waals surface area (Å²) in [4.78, 5) is 27.4. The first kappa shape index (κ1) is 19.8. The van der Waals surface area contributed by atoms with Crippen molar-refractivity contribution < 1.29 is 14.3 Å². The highest BCUT2D eigenvalue weighted by Crippen LogP contribution is 2.27. The van der Waals surface area contributed by atoms with Gasteiger partial charge in [-0.15, -0.1) is 11.8 Å². The highest BCUT2D eigenvalue weighted by Gasteiger charge is 2.34. The number of carbonyl (C=O) groups is 2. The Bertz CT molecular complexity index is 562. The highest BCUT2D eigenvalue weighted by molar-refractivity contribution is 7.98. The molecule has 0 spiro atoms. The monoisotopic (exact) mass is 364 g/mol. The van der Waals surface area contributed by atoms with Crippen LogP contribution in [-0.2, 0) is 14.3 Å². The third-order valence-electron chi connectivity index (χ3n) is 4.29. The number of unbranched alkanes of at least 4 members (excludes halogenated alkanes) is 1. The van der Waals surface area contributed by atoms with Gasteiger partial charge in [-0.3, -0.25) is 9.59 Å². The fraction of sp³-hybridized carbons (Fsp3) is 0.579. The lowest BCUT2D eigenvalue weighted by molar-refractivity contribution is -0.126. The van der Waals surface area contributed by atoms with Gasteiger partial charge in [-0.2, -0.15) is 0 Å². The number of rotatable bonds is 10. The molecule has 0 aromatic heterocycles. The van der Waals surface area contributed by atoms with Crippen LogP contribution in [0.1, 0.15) is 32.6 Å². The van der Waals surface area contributed by atoms with Crippen molar-refractivity contribution in [2.75, 3.05) is 37.5 Å². The standard InChI is InChI=1S/C19H28N2O3S/c1-3-4-11-24-12-5-10-20-19(23)15-13-18(22)21(14-15)16-6-8-17(25-2)9-7-16/h6-9,15H,3-5,10-14H2,1-2H3,(H,20,23). The van der Waals surface area contributed by atoms with E-state index in [9.17, 15) is 9.59 Å². The zero-order chi connectivity index (χ0) is 18.1. The summed E-state index contributed by atoms with van der Waals surface area (Å²) in [5.41, 5.74) is 0.863. The van der Waals surface area contributed by atoms with Crippen molar-refractivity contribution in [2.24, 2.45) is 5.92 Å². The Hall–Kier alpha value is -1.53. The molecule has 0 radical (unpaired) electrons. The first-order valence-corrected chi connectivity index (χ1v) is 10.2. The van der Waals surface area contributed by atoms with Crippen molar-refractivity contribution in [3.05, 3.63) is 24.3 Å². The van der Waals surface area contributed by atoms with Gasteiger partial charge >= 0.3 is 0 Å². The Morgan fingerprint density at radius 2 is 2.00 bits per heavy atom. The lowest BCUT2D eigenvalue weighted by atomic mass is 10.1. The summed E-state index contributed by atoms with van der Waals surface area (Å²) in [6.07, 6.45) is 5.30. The van der Waals surface area contributed by atoms with Crippen LogP contribution < -0.4 is 10.2 Å². The van der Waals surface area contributed by atoms with Crippen LogP contribution in [0.4, 0.5) is 5.69 Å². The molecule has 1 heterocycles. The minimum atomic E-state index is -0.270. The molecule has 6 heteroatoms. The van der Waals surface area contributed by atoms with Crippen LogP contribution in [0.15, 0.2) is 29.2 Å². The minimum absolute atomic E-state index is 0.0138.